The van der Waals surface area contributed by atoms with Crippen molar-refractivity contribution in [2.45, 2.75) is 67.9 Å². The second-order valence-corrected chi connectivity index (χ2v) is 9.99. The largest absolute Gasteiger partial charge is 0.493 e. The van der Waals surface area contributed by atoms with Gasteiger partial charge in [0.15, 0.2) is 23.7 Å². The molecule has 0 amide bonds. The number of likely N-dealkylation sites (tertiary alicyclic amines) is 1. The van der Waals surface area contributed by atoms with Gasteiger partial charge in [0.1, 0.15) is 11.8 Å². The highest BCUT2D eigenvalue weighted by atomic mass is 16.6. The number of rotatable bonds is 7. The smallest absolute Gasteiger partial charge is 0.352 e. The molecule has 4 aliphatic rings. The van der Waals surface area contributed by atoms with Crippen LogP contribution < -0.4 is 15.2 Å². The lowest BCUT2D eigenvalue weighted by Crippen LogP contribution is -2.74. The Morgan fingerprint density at radius 2 is 2.08 bits per heavy atom. The maximum absolute atomic E-state index is 12.9. The molecule has 0 saturated carbocycles. The summed E-state index contributed by atoms with van der Waals surface area (Å²) in [6.45, 7) is 2.06. The highest BCUT2D eigenvalue weighted by Gasteiger charge is 2.72. The number of aliphatic carboxylic acids is 1. The summed E-state index contributed by atoms with van der Waals surface area (Å²) in [7, 11) is 3.55. The third kappa shape index (κ3) is 3.33. The van der Waals surface area contributed by atoms with E-state index in [1.54, 1.807) is 13.2 Å². The summed E-state index contributed by atoms with van der Waals surface area (Å²) in [6, 6.07) is 2.28. The zero-order valence-corrected chi connectivity index (χ0v) is 20.4. The molecule has 0 aromatic heterocycles. The molecule has 1 aromatic rings. The van der Waals surface area contributed by atoms with Gasteiger partial charge in [-0.3, -0.25) is 9.59 Å². The first-order valence-corrected chi connectivity index (χ1v) is 11.9. The van der Waals surface area contributed by atoms with E-state index in [0.717, 1.165) is 17.7 Å². The predicted octanol–water partition coefficient (Wildman–Crippen LogP) is 0.250. The highest BCUT2D eigenvalue weighted by molar-refractivity contribution is 5.84. The number of hydrogen-bond acceptors (Lipinski definition) is 10. The summed E-state index contributed by atoms with van der Waals surface area (Å²) in [5, 5.41) is 21.0. The molecule has 4 N–H and O–H groups in total. The maximum atomic E-state index is 12.9. The molecule has 5 rings (SSSR count). The number of aliphatic hydroxyl groups is 1. The number of esters is 2. The fourth-order valence-corrected chi connectivity index (χ4v) is 6.35. The van der Waals surface area contributed by atoms with Gasteiger partial charge >= 0.3 is 17.9 Å². The van der Waals surface area contributed by atoms with Crippen molar-refractivity contribution < 1.29 is 43.5 Å². The molecular weight excluding hydrogens is 472 g/mol. The van der Waals surface area contributed by atoms with Crippen LogP contribution in [-0.2, 0) is 35.7 Å². The summed E-state index contributed by atoms with van der Waals surface area (Å²) in [5.74, 6) is -1.79. The van der Waals surface area contributed by atoms with E-state index >= 15 is 0 Å². The molecule has 1 aromatic carbocycles. The van der Waals surface area contributed by atoms with Crippen LogP contribution in [-0.4, -0.2) is 83.6 Å². The molecule has 2 aliphatic carbocycles. The van der Waals surface area contributed by atoms with Gasteiger partial charge in [0, 0.05) is 18.0 Å². The SMILES string of the molecule is COc1ccc2c3c1OC1C(OC(=O)[C@H](C)OC(=O)C[C@H](N)C(=O)O)=CC[C@@]4(O)[C@@H](C2)N(C)CCC314. The fraction of sp³-hybridized carbons (Fsp3) is 0.560. The molecule has 2 bridgehead atoms. The van der Waals surface area contributed by atoms with Gasteiger partial charge in [-0.05, 0) is 51.1 Å². The molecule has 11 nitrogen and oxygen atoms in total. The van der Waals surface area contributed by atoms with Crippen molar-refractivity contribution in [1.29, 1.82) is 0 Å². The number of carboxylic acid groups (broad SMARTS) is 1. The molecule has 36 heavy (non-hydrogen) atoms. The Balaban J connectivity index is 1.44. The van der Waals surface area contributed by atoms with Crippen LogP contribution in [0.15, 0.2) is 24.0 Å². The Morgan fingerprint density at radius 1 is 1.33 bits per heavy atom. The standard InChI is InChI=1S/C25H30N2O9/c1-12(34-18(28)11-14(26)22(29)30)23(31)35-16-6-7-25(32)17-10-13-4-5-15(33-3)20-19(13)24(25,21(16)36-20)8-9-27(17)2/h4-6,12,14,17,21,32H,7-11,26H2,1-3H3,(H,29,30)/t12-,14-,17+,21?,24?,25+/m0/s1. The van der Waals surface area contributed by atoms with Crippen LogP contribution in [0.25, 0.3) is 0 Å². The monoisotopic (exact) mass is 502 g/mol. The lowest BCUT2D eigenvalue weighted by molar-refractivity contribution is -0.175. The van der Waals surface area contributed by atoms with Gasteiger partial charge in [-0.15, -0.1) is 0 Å². The molecule has 11 heteroatoms. The van der Waals surface area contributed by atoms with E-state index in [2.05, 4.69) is 4.90 Å². The number of ether oxygens (including phenoxy) is 4. The van der Waals surface area contributed by atoms with Gasteiger partial charge in [-0.1, -0.05) is 6.07 Å². The van der Waals surface area contributed by atoms with Crippen molar-refractivity contribution in [2.24, 2.45) is 5.73 Å². The van der Waals surface area contributed by atoms with Crippen molar-refractivity contribution in [3.63, 3.8) is 0 Å². The van der Waals surface area contributed by atoms with Crippen molar-refractivity contribution in [3.05, 3.63) is 35.1 Å². The number of carboxylic acids is 1. The molecule has 1 saturated heterocycles. The normalized spacial score (nSPS) is 31.3. The van der Waals surface area contributed by atoms with Crippen LogP contribution >= 0.6 is 0 Å². The van der Waals surface area contributed by atoms with Crippen molar-refractivity contribution in [2.75, 3.05) is 20.7 Å². The second kappa shape index (κ2) is 8.46. The lowest BCUT2D eigenvalue weighted by atomic mass is 9.50. The molecule has 1 spiro atoms. The first-order valence-electron chi connectivity index (χ1n) is 11.9. The minimum Gasteiger partial charge on any atom is -0.493 e. The molecule has 0 radical (unpaired) electrons. The van der Waals surface area contributed by atoms with Gasteiger partial charge < -0.3 is 39.8 Å². The van der Waals surface area contributed by atoms with E-state index in [-0.39, 0.29) is 18.2 Å². The quantitative estimate of drug-likeness (QED) is 0.439. The lowest BCUT2D eigenvalue weighted by Gasteiger charge is -2.61. The highest BCUT2D eigenvalue weighted by Crippen LogP contribution is 2.65. The minimum atomic E-state index is -1.43. The zero-order chi connectivity index (χ0) is 26.0. The third-order valence-electron chi connectivity index (χ3n) is 8.12. The molecule has 194 valence electrons. The number of benzene rings is 1. The Labute approximate surface area is 207 Å². The van der Waals surface area contributed by atoms with Gasteiger partial charge in [-0.2, -0.15) is 0 Å². The van der Waals surface area contributed by atoms with Crippen LogP contribution in [0.3, 0.4) is 0 Å². The molecule has 2 aliphatic heterocycles. The van der Waals surface area contributed by atoms with Crippen molar-refractivity contribution in [3.8, 4) is 11.5 Å². The number of carbonyl (C=O) groups is 3. The third-order valence-corrected chi connectivity index (χ3v) is 8.12. The van der Waals surface area contributed by atoms with Gasteiger partial charge in [0.25, 0.3) is 0 Å². The van der Waals surface area contributed by atoms with Crippen LogP contribution in [0.5, 0.6) is 11.5 Å². The van der Waals surface area contributed by atoms with Gasteiger partial charge in [0.2, 0.25) is 0 Å². The summed E-state index contributed by atoms with van der Waals surface area (Å²) in [5.41, 5.74) is 5.36. The number of nitrogens with zero attached hydrogens (tertiary/aromatic N) is 1. The van der Waals surface area contributed by atoms with E-state index in [9.17, 15) is 19.5 Å². The Bertz CT molecular complexity index is 1170. The number of carbonyl (C=O) groups excluding carboxylic acids is 2. The average molecular weight is 503 g/mol. The van der Waals surface area contributed by atoms with E-state index in [4.69, 9.17) is 29.8 Å². The second-order valence-electron chi connectivity index (χ2n) is 9.99. The Morgan fingerprint density at radius 3 is 2.78 bits per heavy atom. The summed E-state index contributed by atoms with van der Waals surface area (Å²) in [6.07, 6.45) is 0.512. The number of likely N-dealkylation sites (N-methyl/N-ethyl adjacent to an activating group) is 1. The van der Waals surface area contributed by atoms with Crippen LogP contribution in [0.4, 0.5) is 0 Å². The van der Waals surface area contributed by atoms with E-state index < -0.39 is 53.6 Å². The maximum Gasteiger partial charge on any atom is 0.352 e. The van der Waals surface area contributed by atoms with Crippen molar-refractivity contribution in [1.82, 2.24) is 4.90 Å². The summed E-state index contributed by atoms with van der Waals surface area (Å²) in [4.78, 5) is 37.9. The average Bonchev–Trinajstić information content (AvgIpc) is 3.18. The summed E-state index contributed by atoms with van der Waals surface area (Å²) >= 11 is 0. The summed E-state index contributed by atoms with van der Waals surface area (Å²) < 4.78 is 22.7. The van der Waals surface area contributed by atoms with E-state index in [0.29, 0.717) is 24.3 Å². The van der Waals surface area contributed by atoms with Gasteiger partial charge in [-0.25, -0.2) is 4.79 Å². The molecular formula is C25H30N2O9. The number of piperidine rings is 1. The molecule has 6 atom stereocenters. The topological polar surface area (TPSA) is 158 Å². The first-order chi connectivity index (χ1) is 17.0. The van der Waals surface area contributed by atoms with Gasteiger partial charge in [0.05, 0.1) is 24.5 Å². The number of nitrogens with two attached hydrogens (primary N) is 1. The Hall–Kier alpha value is -3.15. The zero-order valence-electron chi connectivity index (χ0n) is 20.4. The van der Waals surface area contributed by atoms with Crippen LogP contribution in [0.1, 0.15) is 37.3 Å². The first kappa shape index (κ1) is 24.5. The fourth-order valence-electron chi connectivity index (χ4n) is 6.35. The van der Waals surface area contributed by atoms with Crippen LogP contribution in [0, 0.1) is 0 Å². The predicted molar refractivity (Wildman–Crippen MR) is 123 cm³/mol. The van der Waals surface area contributed by atoms with E-state index in [1.165, 1.54) is 6.92 Å². The molecule has 2 heterocycles. The Kier molecular flexibility index (Phi) is 5.77. The van der Waals surface area contributed by atoms with Crippen LogP contribution in [0.2, 0.25) is 0 Å². The number of methoxy groups -OCH3 is 1. The minimum absolute atomic E-state index is 0.143. The van der Waals surface area contributed by atoms with E-state index in [1.807, 2.05) is 19.2 Å². The molecule has 1 fully saturated rings. The van der Waals surface area contributed by atoms with Crippen molar-refractivity contribution >= 4 is 17.9 Å². The molecule has 2 unspecified atom stereocenters. The number of hydrogen-bond donors (Lipinski definition) is 3.